The molecule has 0 aliphatic rings. The van der Waals surface area contributed by atoms with Crippen molar-refractivity contribution in [3.8, 4) is 0 Å². The largest absolute Gasteiger partial charge is 0.424 e. The van der Waals surface area contributed by atoms with Crippen LogP contribution in [0.15, 0.2) is 0 Å². The predicted octanol–water partition coefficient (Wildman–Crippen LogP) is 1.18. The van der Waals surface area contributed by atoms with Crippen molar-refractivity contribution in [1.29, 1.82) is 0 Å². The predicted molar refractivity (Wildman–Crippen MR) is 39.8 cm³/mol. The first kappa shape index (κ1) is 8.18. The molecule has 0 fully saturated rings. The lowest BCUT2D eigenvalue weighted by Crippen LogP contribution is -2.15. The minimum absolute atomic E-state index is 0.166. The van der Waals surface area contributed by atoms with Crippen LogP contribution in [0.2, 0.25) is 6.55 Å². The third kappa shape index (κ3) is 6.18. The molecule has 0 saturated carbocycles. The average molecular weight is 132 g/mol. The molecule has 8 heavy (non-hydrogen) atoms. The highest BCUT2D eigenvalue weighted by Gasteiger charge is 2.07. The van der Waals surface area contributed by atoms with Gasteiger partial charge in [-0.2, -0.15) is 0 Å². The zero-order chi connectivity index (χ0) is 6.62. The molecule has 0 unspecified atom stereocenters. The Morgan fingerprint density at radius 2 is 1.88 bits per heavy atom. The summed E-state index contributed by atoms with van der Waals surface area (Å²) in [7, 11) is -0.166. The van der Waals surface area contributed by atoms with Crippen LogP contribution >= 0.6 is 0 Å². The third-order valence-electron chi connectivity index (χ3n) is 0.739. The second-order valence-electron chi connectivity index (χ2n) is 3.20. The van der Waals surface area contributed by atoms with Gasteiger partial charge in [-0.3, -0.25) is 0 Å². The standard InChI is InChI=1S/C6H16OSi/c1-6(2,3)5-7-8-4/h5,8H2,1-4H3. The zero-order valence-electron chi connectivity index (χ0n) is 6.32. The summed E-state index contributed by atoms with van der Waals surface area (Å²) in [5, 5.41) is 0. The molecule has 1 nitrogen and oxygen atoms in total. The van der Waals surface area contributed by atoms with Gasteiger partial charge in [0, 0.05) is 6.61 Å². The normalized spacial score (nSPS) is 13.5. The van der Waals surface area contributed by atoms with Crippen LogP contribution in [0.1, 0.15) is 20.8 Å². The van der Waals surface area contributed by atoms with E-state index in [0.29, 0.717) is 5.41 Å². The molecule has 0 radical (unpaired) electrons. The third-order valence-corrected chi connectivity index (χ3v) is 1.35. The maximum atomic E-state index is 5.34. The Bertz CT molecular complexity index is 56.0. The van der Waals surface area contributed by atoms with E-state index < -0.39 is 0 Å². The summed E-state index contributed by atoms with van der Waals surface area (Å²) in [6, 6.07) is 0. The van der Waals surface area contributed by atoms with Gasteiger partial charge in [0.2, 0.25) is 0 Å². The molecule has 0 amide bonds. The summed E-state index contributed by atoms with van der Waals surface area (Å²) >= 11 is 0. The van der Waals surface area contributed by atoms with Gasteiger partial charge in [0.1, 0.15) is 0 Å². The fourth-order valence-electron chi connectivity index (χ4n) is 0.408. The summed E-state index contributed by atoms with van der Waals surface area (Å²) < 4.78 is 5.34. The second kappa shape index (κ2) is 3.25. The van der Waals surface area contributed by atoms with E-state index in [2.05, 4.69) is 27.3 Å². The summed E-state index contributed by atoms with van der Waals surface area (Å²) in [4.78, 5) is 0. The fraction of sp³-hybridized carbons (Fsp3) is 1.00. The topological polar surface area (TPSA) is 9.23 Å². The average Bonchev–Trinajstić information content (AvgIpc) is 1.59. The van der Waals surface area contributed by atoms with Crippen LogP contribution in [0.3, 0.4) is 0 Å². The Balaban J connectivity index is 3.11. The lowest BCUT2D eigenvalue weighted by Gasteiger charge is -2.17. The lowest BCUT2D eigenvalue weighted by atomic mass is 9.99. The van der Waals surface area contributed by atoms with E-state index in [1.54, 1.807) is 0 Å². The van der Waals surface area contributed by atoms with Crippen LogP contribution in [0.4, 0.5) is 0 Å². The van der Waals surface area contributed by atoms with Crippen LogP contribution in [0.25, 0.3) is 0 Å². The summed E-state index contributed by atoms with van der Waals surface area (Å²) in [6.07, 6.45) is 0. The first-order valence-electron chi connectivity index (χ1n) is 3.14. The molecule has 50 valence electrons. The van der Waals surface area contributed by atoms with Crippen molar-refractivity contribution < 1.29 is 4.43 Å². The van der Waals surface area contributed by atoms with Crippen LogP contribution in [0.5, 0.6) is 0 Å². The molecule has 2 heteroatoms. The molecule has 0 atom stereocenters. The minimum atomic E-state index is -0.166. The molecule has 0 aliphatic carbocycles. The number of hydrogen-bond donors (Lipinski definition) is 0. The van der Waals surface area contributed by atoms with Gasteiger partial charge < -0.3 is 4.43 Å². The van der Waals surface area contributed by atoms with E-state index in [4.69, 9.17) is 4.43 Å². The Hall–Kier alpha value is 0.177. The molecular formula is C6H16OSi. The molecule has 0 heterocycles. The van der Waals surface area contributed by atoms with Crippen LogP contribution in [-0.2, 0) is 4.43 Å². The van der Waals surface area contributed by atoms with Crippen LogP contribution in [-0.4, -0.2) is 16.4 Å². The first-order valence-corrected chi connectivity index (χ1v) is 5.13. The van der Waals surface area contributed by atoms with Crippen molar-refractivity contribution in [2.45, 2.75) is 27.3 Å². The van der Waals surface area contributed by atoms with Crippen molar-refractivity contribution in [3.63, 3.8) is 0 Å². The van der Waals surface area contributed by atoms with Crippen LogP contribution in [0, 0.1) is 5.41 Å². The highest BCUT2D eigenvalue weighted by Crippen LogP contribution is 2.11. The van der Waals surface area contributed by atoms with Crippen LogP contribution < -0.4 is 0 Å². The van der Waals surface area contributed by atoms with Gasteiger partial charge in [0.05, 0.1) is 0 Å². The van der Waals surface area contributed by atoms with Gasteiger partial charge in [0.15, 0.2) is 9.76 Å². The molecule has 0 rings (SSSR count). The zero-order valence-corrected chi connectivity index (χ0v) is 7.74. The summed E-state index contributed by atoms with van der Waals surface area (Å²) in [6.45, 7) is 9.66. The van der Waals surface area contributed by atoms with Gasteiger partial charge in [-0.05, 0) is 5.41 Å². The highest BCUT2D eigenvalue weighted by molar-refractivity contribution is 6.24. The molecule has 0 bridgehead atoms. The second-order valence-corrected chi connectivity index (χ2v) is 4.18. The number of rotatable bonds is 2. The molecular weight excluding hydrogens is 116 g/mol. The smallest absolute Gasteiger partial charge is 0.158 e. The quantitative estimate of drug-likeness (QED) is 0.513. The Labute approximate surface area is 54.4 Å². The maximum Gasteiger partial charge on any atom is 0.158 e. The van der Waals surface area contributed by atoms with E-state index >= 15 is 0 Å². The lowest BCUT2D eigenvalue weighted by molar-refractivity contribution is 0.207. The van der Waals surface area contributed by atoms with Crippen molar-refractivity contribution in [3.05, 3.63) is 0 Å². The highest BCUT2D eigenvalue weighted by atomic mass is 28.2. The summed E-state index contributed by atoms with van der Waals surface area (Å²) in [5.41, 5.74) is 0.364. The molecule has 0 saturated heterocycles. The Morgan fingerprint density at radius 3 is 2.00 bits per heavy atom. The van der Waals surface area contributed by atoms with E-state index in [-0.39, 0.29) is 9.76 Å². The van der Waals surface area contributed by atoms with Crippen molar-refractivity contribution in [2.75, 3.05) is 6.61 Å². The Kier molecular flexibility index (Phi) is 3.32. The van der Waals surface area contributed by atoms with E-state index in [0.717, 1.165) is 6.61 Å². The molecule has 0 aromatic carbocycles. The fourth-order valence-corrected chi connectivity index (χ4v) is 1.22. The molecule has 0 aliphatic heterocycles. The minimum Gasteiger partial charge on any atom is -0.424 e. The van der Waals surface area contributed by atoms with Crippen molar-refractivity contribution in [2.24, 2.45) is 5.41 Å². The van der Waals surface area contributed by atoms with Gasteiger partial charge in [0.25, 0.3) is 0 Å². The molecule has 0 N–H and O–H groups in total. The molecule has 0 spiro atoms. The van der Waals surface area contributed by atoms with Gasteiger partial charge in [-0.1, -0.05) is 27.3 Å². The van der Waals surface area contributed by atoms with E-state index in [1.807, 2.05) is 0 Å². The van der Waals surface area contributed by atoms with Crippen molar-refractivity contribution in [1.82, 2.24) is 0 Å². The van der Waals surface area contributed by atoms with Gasteiger partial charge in [-0.25, -0.2) is 0 Å². The molecule has 0 aromatic rings. The van der Waals surface area contributed by atoms with E-state index in [9.17, 15) is 0 Å². The van der Waals surface area contributed by atoms with E-state index in [1.165, 1.54) is 0 Å². The maximum absolute atomic E-state index is 5.34. The number of hydrogen-bond acceptors (Lipinski definition) is 1. The Morgan fingerprint density at radius 1 is 1.38 bits per heavy atom. The first-order chi connectivity index (χ1) is 3.56. The van der Waals surface area contributed by atoms with Gasteiger partial charge in [-0.15, -0.1) is 0 Å². The summed E-state index contributed by atoms with van der Waals surface area (Å²) in [5.74, 6) is 0. The SMILES string of the molecule is C[SiH2]OCC(C)(C)C. The van der Waals surface area contributed by atoms with Gasteiger partial charge >= 0.3 is 0 Å². The van der Waals surface area contributed by atoms with Crippen molar-refractivity contribution >= 4 is 9.76 Å². The monoisotopic (exact) mass is 132 g/mol. The molecule has 0 aromatic heterocycles.